The Morgan fingerprint density at radius 3 is 2.45 bits per heavy atom. The Morgan fingerprint density at radius 1 is 1.13 bits per heavy atom. The molecule has 38 heavy (non-hydrogen) atoms. The van der Waals surface area contributed by atoms with Crippen molar-refractivity contribution in [2.24, 2.45) is 5.16 Å². The Bertz CT molecular complexity index is 1470. The number of hydrogen-bond donors (Lipinski definition) is 0. The van der Waals surface area contributed by atoms with Crippen molar-refractivity contribution in [2.75, 3.05) is 19.0 Å². The molecule has 3 aromatic rings. The van der Waals surface area contributed by atoms with Gasteiger partial charge in [0.25, 0.3) is 5.90 Å². The van der Waals surface area contributed by atoms with Crippen LogP contribution in [0.5, 0.6) is 0 Å². The smallest absolute Gasteiger partial charge is 0.475 e. The van der Waals surface area contributed by atoms with E-state index in [4.69, 9.17) is 9.15 Å². The first-order valence-corrected chi connectivity index (χ1v) is 13.5. The summed E-state index contributed by atoms with van der Waals surface area (Å²) in [5.74, 6) is -1.26. The molecule has 0 N–H and O–H groups in total. The standard InChI is InChI=1S/C21H19F6N3O6S2/c1-3-7-34-18(30-35-11-20(22,23)24)12-8-16(38(32,33)4-2)17(28-10-12)19-29-14-9-13(5-6-15(14)36-19)37(31)21(25,26)27/h5-6,8-10H,3-4,7,11H2,1-2H3. The number of alkyl halides is 6. The number of benzene rings is 1. The van der Waals surface area contributed by atoms with Crippen LogP contribution in [0.4, 0.5) is 26.3 Å². The van der Waals surface area contributed by atoms with Gasteiger partial charge in [-0.25, -0.2) is 22.6 Å². The van der Waals surface area contributed by atoms with E-state index in [1.54, 1.807) is 6.92 Å². The average molecular weight is 588 g/mol. The van der Waals surface area contributed by atoms with Gasteiger partial charge >= 0.3 is 11.7 Å². The summed E-state index contributed by atoms with van der Waals surface area (Å²) in [7, 11) is -7.40. The highest BCUT2D eigenvalue weighted by atomic mass is 32.2. The summed E-state index contributed by atoms with van der Waals surface area (Å²) in [6.07, 6.45) is -3.21. The number of hydrogen-bond acceptors (Lipinski definition) is 9. The van der Waals surface area contributed by atoms with E-state index in [0.29, 0.717) is 6.42 Å². The molecule has 1 atom stereocenters. The maximum absolute atomic E-state index is 12.9. The monoisotopic (exact) mass is 587 g/mol. The largest absolute Gasteiger partial charge is 0.475 e. The molecule has 0 saturated carbocycles. The third-order valence-electron chi connectivity index (χ3n) is 4.62. The van der Waals surface area contributed by atoms with E-state index in [1.807, 2.05) is 0 Å². The summed E-state index contributed by atoms with van der Waals surface area (Å²) in [5, 5.41) is 3.33. The van der Waals surface area contributed by atoms with Crippen LogP contribution in [0, 0.1) is 0 Å². The summed E-state index contributed by atoms with van der Waals surface area (Å²) in [6.45, 7) is 1.33. The van der Waals surface area contributed by atoms with Gasteiger partial charge in [0.15, 0.2) is 26.2 Å². The lowest BCUT2D eigenvalue weighted by molar-refractivity contribution is -0.174. The molecule has 9 nitrogen and oxygen atoms in total. The number of oxazole rings is 1. The molecule has 17 heteroatoms. The number of sulfone groups is 1. The molecule has 0 radical (unpaired) electrons. The molecule has 0 amide bonds. The molecule has 0 fully saturated rings. The average Bonchev–Trinajstić information content (AvgIpc) is 3.27. The zero-order valence-electron chi connectivity index (χ0n) is 19.6. The van der Waals surface area contributed by atoms with Crippen LogP contribution in [0.15, 0.2) is 49.8 Å². The normalized spacial score (nSPS) is 14.1. The highest BCUT2D eigenvalue weighted by molar-refractivity contribution is 7.91. The van der Waals surface area contributed by atoms with Gasteiger partial charge in [-0.1, -0.05) is 13.8 Å². The maximum Gasteiger partial charge on any atom is 0.475 e. The van der Waals surface area contributed by atoms with Crippen LogP contribution in [0.1, 0.15) is 25.8 Å². The maximum atomic E-state index is 12.9. The quantitative estimate of drug-likeness (QED) is 0.149. The molecule has 3 rings (SSSR count). The van der Waals surface area contributed by atoms with E-state index in [1.165, 1.54) is 6.92 Å². The second kappa shape index (κ2) is 11.3. The molecule has 0 spiro atoms. The van der Waals surface area contributed by atoms with Gasteiger partial charge in [-0.3, -0.25) is 0 Å². The van der Waals surface area contributed by atoms with Gasteiger partial charge in [0.1, 0.15) is 11.2 Å². The highest BCUT2D eigenvalue weighted by Crippen LogP contribution is 2.32. The van der Waals surface area contributed by atoms with Crippen LogP contribution in [-0.2, 0) is 30.2 Å². The molecule has 2 heterocycles. The van der Waals surface area contributed by atoms with E-state index >= 15 is 0 Å². The number of nitrogens with zero attached hydrogens (tertiary/aromatic N) is 3. The zero-order chi connectivity index (χ0) is 28.3. The number of aromatic nitrogens is 2. The fourth-order valence-electron chi connectivity index (χ4n) is 2.90. The molecular formula is C21H19F6N3O6S2. The molecule has 0 aliphatic rings. The number of ether oxygens (including phenoxy) is 1. The fraction of sp³-hybridized carbons (Fsp3) is 0.381. The van der Waals surface area contributed by atoms with Crippen molar-refractivity contribution < 1.29 is 53.0 Å². The SMILES string of the molecule is CCCOC(=NOCC(F)(F)F)c1cnc(-c2nc3cc(S(=O)C(F)(F)F)ccc3o2)c(S(=O)(=O)CC)c1. The summed E-state index contributed by atoms with van der Waals surface area (Å²) in [5.41, 5.74) is -5.65. The number of oxime groups is 1. The van der Waals surface area contributed by atoms with Gasteiger partial charge in [0.2, 0.25) is 12.5 Å². The second-order valence-electron chi connectivity index (χ2n) is 7.47. The number of halogens is 6. The van der Waals surface area contributed by atoms with Gasteiger partial charge in [-0.15, -0.1) is 0 Å². The van der Waals surface area contributed by atoms with Crippen molar-refractivity contribution >= 4 is 37.6 Å². The molecular weight excluding hydrogens is 568 g/mol. The van der Waals surface area contributed by atoms with Crippen molar-refractivity contribution in [1.29, 1.82) is 0 Å². The third kappa shape index (κ3) is 7.00. The molecule has 1 aromatic carbocycles. The summed E-state index contributed by atoms with van der Waals surface area (Å²) in [6, 6.07) is 3.94. The second-order valence-corrected chi connectivity index (χ2v) is 11.2. The first-order chi connectivity index (χ1) is 17.7. The van der Waals surface area contributed by atoms with Gasteiger partial charge in [-0.2, -0.15) is 26.3 Å². The Labute approximate surface area is 214 Å². The van der Waals surface area contributed by atoms with E-state index in [0.717, 1.165) is 30.5 Å². The lowest BCUT2D eigenvalue weighted by Crippen LogP contribution is -2.17. The molecule has 0 aliphatic carbocycles. The molecule has 1 unspecified atom stereocenters. The first-order valence-electron chi connectivity index (χ1n) is 10.7. The van der Waals surface area contributed by atoms with E-state index in [-0.39, 0.29) is 34.9 Å². The Hall–Kier alpha value is -3.21. The van der Waals surface area contributed by atoms with Crippen molar-refractivity contribution in [2.45, 2.75) is 41.7 Å². The Morgan fingerprint density at radius 2 is 1.84 bits per heavy atom. The fourth-order valence-corrected chi connectivity index (χ4v) is 4.63. The lowest BCUT2D eigenvalue weighted by Gasteiger charge is -2.12. The van der Waals surface area contributed by atoms with Crippen molar-refractivity contribution in [3.8, 4) is 11.6 Å². The Kier molecular flexibility index (Phi) is 8.70. The van der Waals surface area contributed by atoms with Crippen LogP contribution in [0.2, 0.25) is 0 Å². The van der Waals surface area contributed by atoms with Crippen LogP contribution < -0.4 is 0 Å². The van der Waals surface area contributed by atoms with Crippen molar-refractivity contribution in [3.63, 3.8) is 0 Å². The molecule has 2 aromatic heterocycles. The van der Waals surface area contributed by atoms with Gasteiger partial charge < -0.3 is 14.0 Å². The Balaban J connectivity index is 2.11. The van der Waals surface area contributed by atoms with Crippen LogP contribution in [0.3, 0.4) is 0 Å². The predicted molar refractivity (Wildman–Crippen MR) is 122 cm³/mol. The molecule has 208 valence electrons. The highest BCUT2D eigenvalue weighted by Gasteiger charge is 2.38. The summed E-state index contributed by atoms with van der Waals surface area (Å²) in [4.78, 5) is 11.3. The third-order valence-corrected chi connectivity index (χ3v) is 7.46. The molecule has 0 saturated heterocycles. The lowest BCUT2D eigenvalue weighted by atomic mass is 10.2. The number of rotatable bonds is 9. The van der Waals surface area contributed by atoms with Crippen LogP contribution >= 0.6 is 0 Å². The molecule has 0 aliphatic heterocycles. The van der Waals surface area contributed by atoms with E-state index in [2.05, 4.69) is 20.0 Å². The van der Waals surface area contributed by atoms with Gasteiger partial charge in [-0.05, 0) is 35.8 Å². The van der Waals surface area contributed by atoms with Crippen molar-refractivity contribution in [3.05, 3.63) is 36.0 Å². The van der Waals surface area contributed by atoms with Crippen molar-refractivity contribution in [1.82, 2.24) is 9.97 Å². The predicted octanol–water partition coefficient (Wildman–Crippen LogP) is 4.98. The van der Waals surface area contributed by atoms with E-state index < -0.39 is 60.4 Å². The minimum Gasteiger partial charge on any atom is -0.475 e. The number of pyridine rings is 1. The van der Waals surface area contributed by atoms with Crippen LogP contribution in [0.25, 0.3) is 22.7 Å². The molecule has 0 bridgehead atoms. The van der Waals surface area contributed by atoms with Gasteiger partial charge in [0, 0.05) is 6.20 Å². The zero-order valence-corrected chi connectivity index (χ0v) is 21.2. The summed E-state index contributed by atoms with van der Waals surface area (Å²) < 4.78 is 124. The summed E-state index contributed by atoms with van der Waals surface area (Å²) >= 11 is 0. The topological polar surface area (TPSA) is 121 Å². The minimum absolute atomic E-state index is 0.0125. The van der Waals surface area contributed by atoms with Crippen LogP contribution in [-0.4, -0.2) is 59.1 Å². The van der Waals surface area contributed by atoms with E-state index in [9.17, 15) is 39.0 Å². The first kappa shape index (κ1) is 29.3. The van der Waals surface area contributed by atoms with Gasteiger partial charge in [0.05, 0.1) is 27.7 Å². The number of fused-ring (bicyclic) bond motifs is 1. The minimum atomic E-state index is -5.01.